The first-order valence-corrected chi connectivity index (χ1v) is 11.4. The quantitative estimate of drug-likeness (QED) is 0.131. The van der Waals surface area contributed by atoms with Crippen LogP contribution >= 0.6 is 0 Å². The van der Waals surface area contributed by atoms with Crippen LogP contribution in [0.1, 0.15) is 41.5 Å². The third-order valence-electron chi connectivity index (χ3n) is 4.94. The fourth-order valence-corrected chi connectivity index (χ4v) is 3.38. The fraction of sp³-hybridized carbons (Fsp3) is 0.905. The van der Waals surface area contributed by atoms with Crippen LogP contribution in [0.25, 0.3) is 0 Å². The molecule has 12 nitrogen and oxygen atoms in total. The summed E-state index contributed by atoms with van der Waals surface area (Å²) in [6.45, 7) is 16.2. The van der Waals surface area contributed by atoms with Crippen molar-refractivity contribution in [1.82, 2.24) is 15.1 Å². The number of esters is 1. The molecule has 0 saturated carbocycles. The van der Waals surface area contributed by atoms with Gasteiger partial charge in [0.15, 0.2) is 0 Å². The van der Waals surface area contributed by atoms with Gasteiger partial charge in [-0.05, 0) is 41.5 Å². The first-order chi connectivity index (χ1) is 15.7. The molecule has 4 unspecified atom stereocenters. The molecule has 0 aromatic heterocycles. The predicted molar refractivity (Wildman–Crippen MR) is 128 cm³/mol. The highest BCUT2D eigenvalue weighted by Crippen LogP contribution is 2.13. The molecule has 198 valence electrons. The lowest BCUT2D eigenvalue weighted by molar-refractivity contribution is -0.148. The highest BCUT2D eigenvalue weighted by atomic mass is 16.5. The van der Waals surface area contributed by atoms with Crippen LogP contribution in [0.3, 0.4) is 0 Å². The van der Waals surface area contributed by atoms with Crippen LogP contribution in [-0.2, 0) is 23.8 Å². The Morgan fingerprint density at radius 1 is 0.909 bits per heavy atom. The van der Waals surface area contributed by atoms with Gasteiger partial charge >= 0.3 is 5.97 Å². The molecular weight excluding hydrogens is 432 g/mol. The van der Waals surface area contributed by atoms with E-state index in [9.17, 15) is 9.59 Å². The first kappa shape index (κ1) is 33.8. The number of ether oxygens (including phenoxy) is 3. The molecule has 0 radical (unpaired) electrons. The van der Waals surface area contributed by atoms with Crippen molar-refractivity contribution in [2.24, 2.45) is 17.4 Å². The molecule has 0 aliphatic carbocycles. The highest BCUT2D eigenvalue weighted by Gasteiger charge is 2.28. The van der Waals surface area contributed by atoms with Crippen LogP contribution in [0.4, 0.5) is 0 Å². The maximum Gasteiger partial charge on any atom is 0.320 e. The number of hydrazine groups is 1. The molecule has 33 heavy (non-hydrogen) atoms. The summed E-state index contributed by atoms with van der Waals surface area (Å²) in [5, 5.41) is 10.2. The van der Waals surface area contributed by atoms with E-state index in [1.165, 1.54) is 0 Å². The second kappa shape index (κ2) is 21.2. The van der Waals surface area contributed by atoms with Crippen molar-refractivity contribution in [2.75, 3.05) is 59.4 Å². The van der Waals surface area contributed by atoms with Crippen molar-refractivity contribution < 1.29 is 28.9 Å². The number of aliphatic hydroxyl groups excluding tert-OH is 1. The summed E-state index contributed by atoms with van der Waals surface area (Å²) in [4.78, 5) is 26.9. The lowest BCUT2D eigenvalue weighted by Crippen LogP contribution is -2.53. The number of aliphatic hydroxyl groups is 1. The third kappa shape index (κ3) is 15.2. The Balaban J connectivity index is 0. The second-order valence-electron chi connectivity index (χ2n) is 7.74. The molecule has 2 fully saturated rings. The molecule has 2 rings (SSSR count). The van der Waals surface area contributed by atoms with Gasteiger partial charge < -0.3 is 30.4 Å². The van der Waals surface area contributed by atoms with Crippen molar-refractivity contribution in [3.63, 3.8) is 0 Å². The Morgan fingerprint density at radius 3 is 1.61 bits per heavy atom. The molecule has 0 aromatic rings. The van der Waals surface area contributed by atoms with Gasteiger partial charge in [0.05, 0.1) is 52.8 Å². The smallest absolute Gasteiger partial charge is 0.320 e. The van der Waals surface area contributed by atoms with E-state index in [-0.39, 0.29) is 25.2 Å². The highest BCUT2D eigenvalue weighted by molar-refractivity contribution is 5.78. The number of carbonyl (C=O) groups is 2. The van der Waals surface area contributed by atoms with Crippen LogP contribution in [0, 0.1) is 0 Å². The lowest BCUT2D eigenvalue weighted by Gasteiger charge is -2.38. The summed E-state index contributed by atoms with van der Waals surface area (Å²) in [6, 6.07) is 1.18. The monoisotopic (exact) mass is 480 g/mol. The average Bonchev–Trinajstić information content (AvgIpc) is 2.77. The molecule has 4 atom stereocenters. The van der Waals surface area contributed by atoms with Gasteiger partial charge in [0, 0.05) is 30.8 Å². The van der Waals surface area contributed by atoms with Crippen molar-refractivity contribution in [1.29, 1.82) is 0 Å². The Labute approximate surface area is 199 Å². The number of nitrogens with two attached hydrogens (primary N) is 3. The molecular formula is C21H48N6O6. The van der Waals surface area contributed by atoms with E-state index >= 15 is 0 Å². The molecule has 2 heterocycles. The molecule has 8 N–H and O–H groups in total. The fourth-order valence-electron chi connectivity index (χ4n) is 3.38. The van der Waals surface area contributed by atoms with Crippen molar-refractivity contribution in [3.05, 3.63) is 0 Å². The topological polar surface area (TPSA) is 179 Å². The van der Waals surface area contributed by atoms with Crippen LogP contribution < -0.4 is 22.7 Å². The number of carbonyl (C=O) groups excluding carboxylic acids is 2. The molecule has 2 aliphatic heterocycles. The van der Waals surface area contributed by atoms with Gasteiger partial charge in [-0.1, -0.05) is 0 Å². The number of amides is 1. The summed E-state index contributed by atoms with van der Waals surface area (Å²) in [5.74, 6) is 7.83. The van der Waals surface area contributed by atoms with Crippen LogP contribution in [0.2, 0.25) is 0 Å². The van der Waals surface area contributed by atoms with Gasteiger partial charge in [-0.3, -0.25) is 31.1 Å². The largest absolute Gasteiger partial charge is 0.465 e. The summed E-state index contributed by atoms with van der Waals surface area (Å²) in [6.07, 6.45) is 0. The van der Waals surface area contributed by atoms with Gasteiger partial charge in [0.25, 0.3) is 0 Å². The van der Waals surface area contributed by atoms with Crippen molar-refractivity contribution in [3.8, 4) is 0 Å². The minimum atomic E-state index is -0.145. The third-order valence-corrected chi connectivity index (χ3v) is 4.94. The average molecular weight is 481 g/mol. The Morgan fingerprint density at radius 2 is 1.27 bits per heavy atom. The molecule has 2 aliphatic rings. The Bertz CT molecular complexity index is 440. The first-order valence-electron chi connectivity index (χ1n) is 11.4. The zero-order valence-electron chi connectivity index (χ0n) is 21.3. The van der Waals surface area contributed by atoms with Gasteiger partial charge in [-0.2, -0.15) is 0 Å². The molecule has 0 bridgehead atoms. The van der Waals surface area contributed by atoms with Crippen molar-refractivity contribution >= 4 is 11.9 Å². The maximum atomic E-state index is 11.3. The molecule has 1 amide bonds. The van der Waals surface area contributed by atoms with Crippen LogP contribution in [0.5, 0.6) is 0 Å². The van der Waals surface area contributed by atoms with Gasteiger partial charge in [-0.25, -0.2) is 0 Å². The molecule has 2 saturated heterocycles. The normalized spacial score (nSPS) is 25.2. The maximum absolute atomic E-state index is 11.3. The van der Waals surface area contributed by atoms with E-state index in [4.69, 9.17) is 25.1 Å². The lowest BCUT2D eigenvalue weighted by atomic mass is 10.2. The number of rotatable bonds is 6. The van der Waals surface area contributed by atoms with Crippen molar-refractivity contribution in [2.45, 2.75) is 65.7 Å². The van der Waals surface area contributed by atoms with Gasteiger partial charge in [0.1, 0.15) is 0 Å². The summed E-state index contributed by atoms with van der Waals surface area (Å²) in [5.41, 5.74) is 5.23. The molecule has 12 heteroatoms. The van der Waals surface area contributed by atoms with E-state index in [0.29, 0.717) is 70.3 Å². The van der Waals surface area contributed by atoms with Crippen LogP contribution in [0.15, 0.2) is 0 Å². The van der Waals surface area contributed by atoms with Gasteiger partial charge in [0.2, 0.25) is 5.91 Å². The summed E-state index contributed by atoms with van der Waals surface area (Å²) >= 11 is 0. The minimum Gasteiger partial charge on any atom is -0.465 e. The number of hydrogen-bond donors (Lipinski definition) is 5. The number of hydrogen-bond acceptors (Lipinski definition) is 11. The Hall–Kier alpha value is -1.38. The van der Waals surface area contributed by atoms with E-state index in [1.54, 1.807) is 6.92 Å². The van der Waals surface area contributed by atoms with E-state index < -0.39 is 0 Å². The summed E-state index contributed by atoms with van der Waals surface area (Å²) in [7, 11) is 0. The minimum absolute atomic E-state index is 0.0203. The zero-order chi connectivity index (χ0) is 25.8. The van der Waals surface area contributed by atoms with Gasteiger partial charge in [-0.15, -0.1) is 0 Å². The van der Waals surface area contributed by atoms with Crippen LogP contribution in [-0.4, -0.2) is 110 Å². The standard InChI is InChI=1S/C10H19NO3.C9H19N3O2.C2H6O.H4N2/c1-4-14-10(12)5-11-8(2)6-13-7-9(11)3;1-7-4-14-5-8(2)12(7)3-9(13)11-6-10;1-2-3;1-2/h8-9H,4-7H2,1-3H3;7-8H,3-6,10H2,1-2H3,(H,11,13);3H,2H2,1H3;1-2H2. The van der Waals surface area contributed by atoms with E-state index in [0.717, 1.165) is 0 Å². The van der Waals surface area contributed by atoms with E-state index in [2.05, 4.69) is 54.5 Å². The molecule has 0 spiro atoms. The zero-order valence-corrected chi connectivity index (χ0v) is 21.3. The summed E-state index contributed by atoms with van der Waals surface area (Å²) < 4.78 is 15.7. The number of nitrogens with zero attached hydrogens (tertiary/aromatic N) is 2. The number of nitrogens with one attached hydrogen (secondary N) is 1. The predicted octanol–water partition coefficient (Wildman–Crippen LogP) is -1.40. The molecule has 0 aromatic carbocycles. The Kier molecular flexibility index (Phi) is 21.7. The second-order valence-corrected chi connectivity index (χ2v) is 7.74. The number of morpholine rings is 2. The van der Waals surface area contributed by atoms with E-state index in [1.807, 2.05) is 6.92 Å². The SMILES string of the molecule is CC1COCC(C)N1CC(=O)NCN.CCO.CCOC(=O)CN1C(C)COCC1C.NN.